The summed E-state index contributed by atoms with van der Waals surface area (Å²) >= 11 is 0. The zero-order valence-electron chi connectivity index (χ0n) is 20.8. The summed E-state index contributed by atoms with van der Waals surface area (Å²) in [6.07, 6.45) is -4.40. The Labute approximate surface area is 203 Å². The molecule has 190 valence electrons. The molecule has 0 aliphatic heterocycles. The number of alkyl halides is 3. The normalized spacial score (nSPS) is 12.0. The maximum atomic E-state index is 12.9. The summed E-state index contributed by atoms with van der Waals surface area (Å²) in [4.78, 5) is 11.5. The molecule has 2 N–H and O–H groups in total. The van der Waals surface area contributed by atoms with Crippen molar-refractivity contribution in [1.29, 1.82) is 0 Å². The molecule has 7 nitrogen and oxygen atoms in total. The molecular weight excluding hydrogens is 459 g/mol. The van der Waals surface area contributed by atoms with Crippen molar-refractivity contribution in [2.75, 3.05) is 37.9 Å². The van der Waals surface area contributed by atoms with E-state index in [9.17, 15) is 13.2 Å². The molecule has 0 aliphatic rings. The number of nitrogens with one attached hydrogen (secondary N) is 2. The van der Waals surface area contributed by atoms with Gasteiger partial charge >= 0.3 is 6.18 Å². The van der Waals surface area contributed by atoms with Gasteiger partial charge in [0.1, 0.15) is 5.82 Å². The molecule has 0 amide bonds. The lowest BCUT2D eigenvalue weighted by Crippen LogP contribution is -2.40. The van der Waals surface area contributed by atoms with E-state index in [0.29, 0.717) is 47.1 Å². The summed E-state index contributed by atoms with van der Waals surface area (Å²) in [5, 5.41) is 7.14. The van der Waals surface area contributed by atoms with Gasteiger partial charge < -0.3 is 20.1 Å². The zero-order valence-corrected chi connectivity index (χ0v) is 20.8. The second kappa shape index (κ2) is 11.0. The topological polar surface area (TPSA) is 71.5 Å². The van der Waals surface area contributed by atoms with Crippen LogP contribution in [0.3, 0.4) is 0 Å². The Morgan fingerprint density at radius 3 is 2.06 bits per heavy atom. The van der Waals surface area contributed by atoms with Crippen molar-refractivity contribution < 1.29 is 22.6 Å². The number of halogens is 3. The largest absolute Gasteiger partial charge is 0.493 e. The van der Waals surface area contributed by atoms with Crippen LogP contribution < -0.4 is 20.1 Å². The second-order valence-electron chi connectivity index (χ2n) is 8.67. The maximum Gasteiger partial charge on any atom is 0.416 e. The van der Waals surface area contributed by atoms with Gasteiger partial charge in [0.2, 0.25) is 5.95 Å². The van der Waals surface area contributed by atoms with Gasteiger partial charge in [0.25, 0.3) is 0 Å². The van der Waals surface area contributed by atoms with Crippen LogP contribution in [0.4, 0.5) is 30.6 Å². The fourth-order valence-corrected chi connectivity index (χ4v) is 3.93. The summed E-state index contributed by atoms with van der Waals surface area (Å²) in [7, 11) is 3.10. The number of nitrogens with zero attached hydrogens (tertiary/aromatic N) is 3. The fraction of sp³-hybridized carbons (Fsp3) is 0.440. The van der Waals surface area contributed by atoms with Crippen molar-refractivity contribution in [2.45, 2.75) is 46.0 Å². The van der Waals surface area contributed by atoms with E-state index in [1.165, 1.54) is 19.2 Å². The van der Waals surface area contributed by atoms with E-state index < -0.39 is 11.7 Å². The number of aromatic nitrogens is 2. The monoisotopic (exact) mass is 491 g/mol. The molecule has 0 spiro atoms. The SMILES string of the molecule is COc1cc2nc(Nc3ccc(C(F)(F)F)cc3)nc(NCCN(C(C)C)C(C)C)c2cc1OC. The number of fused-ring (bicyclic) bond motifs is 1. The Morgan fingerprint density at radius 1 is 0.914 bits per heavy atom. The van der Waals surface area contributed by atoms with Gasteiger partial charge in [0.05, 0.1) is 25.3 Å². The Kier molecular flexibility index (Phi) is 8.26. The van der Waals surface area contributed by atoms with Crippen molar-refractivity contribution in [3.63, 3.8) is 0 Å². The standard InChI is InChI=1S/C25H32F3N5O2/c1-15(2)33(16(3)4)12-11-29-23-19-13-21(34-5)22(35-6)14-20(19)31-24(32-23)30-18-9-7-17(8-10-18)25(26,27)28/h7-10,13-16H,11-12H2,1-6H3,(H2,29,30,31,32). The van der Waals surface area contributed by atoms with Crippen LogP contribution >= 0.6 is 0 Å². The molecular formula is C25H32F3N5O2. The minimum Gasteiger partial charge on any atom is -0.493 e. The lowest BCUT2D eigenvalue weighted by molar-refractivity contribution is -0.137. The highest BCUT2D eigenvalue weighted by Gasteiger charge is 2.30. The molecule has 3 aromatic rings. The summed E-state index contributed by atoms with van der Waals surface area (Å²) < 4.78 is 49.6. The van der Waals surface area contributed by atoms with E-state index in [2.05, 4.69) is 53.2 Å². The van der Waals surface area contributed by atoms with E-state index in [4.69, 9.17) is 9.47 Å². The molecule has 0 fully saturated rings. The molecule has 0 saturated heterocycles. The summed E-state index contributed by atoms with van der Waals surface area (Å²) in [6, 6.07) is 9.06. The van der Waals surface area contributed by atoms with Crippen LogP contribution in [0.1, 0.15) is 33.3 Å². The summed E-state index contributed by atoms with van der Waals surface area (Å²) in [6.45, 7) is 10.1. The second-order valence-corrected chi connectivity index (χ2v) is 8.67. The molecule has 2 aromatic carbocycles. The van der Waals surface area contributed by atoms with Gasteiger partial charge in [-0.05, 0) is 58.0 Å². The van der Waals surface area contributed by atoms with Crippen LogP contribution in [0.15, 0.2) is 36.4 Å². The molecule has 35 heavy (non-hydrogen) atoms. The average Bonchev–Trinajstić information content (AvgIpc) is 2.80. The van der Waals surface area contributed by atoms with Gasteiger partial charge in [0, 0.05) is 42.3 Å². The van der Waals surface area contributed by atoms with E-state index in [0.717, 1.165) is 24.1 Å². The first kappa shape index (κ1) is 26.3. The maximum absolute atomic E-state index is 12.9. The van der Waals surface area contributed by atoms with Gasteiger partial charge in [-0.25, -0.2) is 4.98 Å². The van der Waals surface area contributed by atoms with E-state index in [-0.39, 0.29) is 5.95 Å². The predicted molar refractivity (Wildman–Crippen MR) is 133 cm³/mol. The van der Waals surface area contributed by atoms with Crippen molar-refractivity contribution in [3.8, 4) is 11.5 Å². The smallest absolute Gasteiger partial charge is 0.416 e. The first-order valence-electron chi connectivity index (χ1n) is 11.4. The van der Waals surface area contributed by atoms with Crippen LogP contribution in [-0.2, 0) is 6.18 Å². The Bertz CT molecular complexity index is 1130. The van der Waals surface area contributed by atoms with Gasteiger partial charge in [-0.3, -0.25) is 4.90 Å². The predicted octanol–water partition coefficient (Wildman–Crippen LogP) is 5.94. The van der Waals surface area contributed by atoms with E-state index >= 15 is 0 Å². The number of hydrogen-bond acceptors (Lipinski definition) is 7. The quantitative estimate of drug-likeness (QED) is 0.364. The molecule has 0 aliphatic carbocycles. The van der Waals surface area contributed by atoms with Crippen LogP contribution in [0.5, 0.6) is 11.5 Å². The van der Waals surface area contributed by atoms with Gasteiger partial charge in [-0.15, -0.1) is 0 Å². The molecule has 1 aromatic heterocycles. The zero-order chi connectivity index (χ0) is 25.8. The van der Waals surface area contributed by atoms with Crippen molar-refractivity contribution in [1.82, 2.24) is 14.9 Å². The van der Waals surface area contributed by atoms with Gasteiger partial charge in [-0.2, -0.15) is 18.2 Å². The number of hydrogen-bond donors (Lipinski definition) is 2. The number of rotatable bonds is 10. The Hall–Kier alpha value is -3.27. The minimum atomic E-state index is -4.40. The molecule has 3 rings (SSSR count). The average molecular weight is 492 g/mol. The molecule has 0 saturated carbocycles. The van der Waals surface area contributed by atoms with Crippen molar-refractivity contribution in [3.05, 3.63) is 42.0 Å². The van der Waals surface area contributed by atoms with Crippen molar-refractivity contribution >= 4 is 28.4 Å². The number of anilines is 3. The first-order chi connectivity index (χ1) is 16.5. The third-order valence-electron chi connectivity index (χ3n) is 5.66. The molecule has 0 atom stereocenters. The molecule has 1 heterocycles. The molecule has 0 radical (unpaired) electrons. The number of benzene rings is 2. The van der Waals surface area contributed by atoms with Crippen LogP contribution in [0.25, 0.3) is 10.9 Å². The lowest BCUT2D eigenvalue weighted by Gasteiger charge is -2.30. The number of methoxy groups -OCH3 is 2. The molecule has 0 unspecified atom stereocenters. The van der Waals surface area contributed by atoms with E-state index in [1.807, 2.05) is 0 Å². The van der Waals surface area contributed by atoms with Crippen LogP contribution in [0.2, 0.25) is 0 Å². The lowest BCUT2D eigenvalue weighted by atomic mass is 10.2. The fourth-order valence-electron chi connectivity index (χ4n) is 3.93. The summed E-state index contributed by atoms with van der Waals surface area (Å²) in [5.74, 6) is 1.88. The van der Waals surface area contributed by atoms with Crippen molar-refractivity contribution in [2.24, 2.45) is 0 Å². The van der Waals surface area contributed by atoms with E-state index in [1.54, 1.807) is 19.2 Å². The minimum absolute atomic E-state index is 0.247. The Balaban J connectivity index is 1.95. The van der Waals surface area contributed by atoms with Gasteiger partial charge in [0.15, 0.2) is 11.5 Å². The van der Waals surface area contributed by atoms with Crippen LogP contribution in [0, 0.1) is 0 Å². The highest BCUT2D eigenvalue weighted by Crippen LogP contribution is 2.35. The Morgan fingerprint density at radius 2 is 1.51 bits per heavy atom. The highest BCUT2D eigenvalue weighted by atomic mass is 19.4. The third kappa shape index (κ3) is 6.45. The first-order valence-corrected chi connectivity index (χ1v) is 11.4. The summed E-state index contributed by atoms with van der Waals surface area (Å²) in [5.41, 5.74) is 0.315. The highest BCUT2D eigenvalue weighted by molar-refractivity contribution is 5.93. The van der Waals surface area contributed by atoms with Gasteiger partial charge in [-0.1, -0.05) is 0 Å². The van der Waals surface area contributed by atoms with Crippen LogP contribution in [-0.4, -0.2) is 54.3 Å². The molecule has 10 heteroatoms. The number of ether oxygens (including phenoxy) is 2. The molecule has 0 bridgehead atoms. The third-order valence-corrected chi connectivity index (χ3v) is 5.66.